The Balaban J connectivity index is 1.90. The molecule has 0 saturated carbocycles. The number of pyridine rings is 1. The summed E-state index contributed by atoms with van der Waals surface area (Å²) in [6.45, 7) is 0.391. The molecule has 1 aliphatic rings. The van der Waals surface area contributed by atoms with Gasteiger partial charge in [0.05, 0.1) is 0 Å². The van der Waals surface area contributed by atoms with Crippen molar-refractivity contribution in [2.24, 2.45) is 0 Å². The predicted octanol–water partition coefficient (Wildman–Crippen LogP) is 4.67. The summed E-state index contributed by atoms with van der Waals surface area (Å²) in [5, 5.41) is 11.2. The second-order valence-corrected chi connectivity index (χ2v) is 7.10. The minimum absolute atomic E-state index is 0.299. The first-order valence-corrected chi connectivity index (χ1v) is 9.19. The van der Waals surface area contributed by atoms with E-state index < -0.39 is 23.7 Å². The van der Waals surface area contributed by atoms with Crippen molar-refractivity contribution in [3.05, 3.63) is 107 Å². The molecule has 2 heterocycles. The van der Waals surface area contributed by atoms with Gasteiger partial charge in [-0.25, -0.2) is 13.2 Å². The van der Waals surface area contributed by atoms with Crippen molar-refractivity contribution < 1.29 is 18.3 Å². The van der Waals surface area contributed by atoms with E-state index in [-0.39, 0.29) is 5.82 Å². The van der Waals surface area contributed by atoms with Crippen LogP contribution in [0.4, 0.5) is 13.2 Å². The molecule has 1 aromatic heterocycles. The maximum Gasteiger partial charge on any atom is 0.129 e. The summed E-state index contributed by atoms with van der Waals surface area (Å²) < 4.78 is 41.5. The average Bonchev–Trinajstić information content (AvgIpc) is 3.05. The Kier molecular flexibility index (Phi) is 5.11. The van der Waals surface area contributed by atoms with Crippen LogP contribution in [0.15, 0.2) is 72.6 Å². The molecule has 4 rings (SSSR count). The molecule has 6 heteroatoms. The third-order valence-electron chi connectivity index (χ3n) is 5.24. The lowest BCUT2D eigenvalue weighted by atomic mass is 9.85. The Morgan fingerprint density at radius 3 is 2.41 bits per heavy atom. The van der Waals surface area contributed by atoms with Crippen LogP contribution in [0, 0.1) is 17.5 Å². The molecule has 29 heavy (non-hydrogen) atoms. The van der Waals surface area contributed by atoms with Crippen molar-refractivity contribution in [3.8, 4) is 0 Å². The lowest BCUT2D eigenvalue weighted by Gasteiger charge is -2.21. The zero-order valence-electron chi connectivity index (χ0n) is 15.7. The molecule has 0 radical (unpaired) electrons. The van der Waals surface area contributed by atoms with Gasteiger partial charge in [0.1, 0.15) is 23.6 Å². The van der Waals surface area contributed by atoms with Crippen molar-refractivity contribution in [2.45, 2.75) is 12.0 Å². The van der Waals surface area contributed by atoms with Crippen molar-refractivity contribution in [2.75, 3.05) is 13.6 Å². The Morgan fingerprint density at radius 2 is 1.76 bits per heavy atom. The molecule has 0 fully saturated rings. The zero-order valence-corrected chi connectivity index (χ0v) is 15.7. The molecule has 1 N–H and O–H groups in total. The summed E-state index contributed by atoms with van der Waals surface area (Å²) in [5.41, 5.74) is 2.82. The fraction of sp³-hybridized carbons (Fsp3) is 0.174. The van der Waals surface area contributed by atoms with E-state index in [1.54, 1.807) is 36.7 Å². The van der Waals surface area contributed by atoms with Crippen LogP contribution in [0.3, 0.4) is 0 Å². The van der Waals surface area contributed by atoms with E-state index >= 15 is 0 Å². The van der Waals surface area contributed by atoms with Gasteiger partial charge >= 0.3 is 0 Å². The standard InChI is InChI=1S/C23H19F3N2O/c1-28-13-19(18-9-8-17(25)11-20(18)26)21(23(29)15-3-2-10-27-12-15)22(28)14-4-6-16(24)7-5-14/h2-12,19,23,29H,13H2,1H3. The Morgan fingerprint density at radius 1 is 1.03 bits per heavy atom. The van der Waals surface area contributed by atoms with E-state index in [1.165, 1.54) is 24.3 Å². The number of halogens is 3. The number of rotatable bonds is 4. The zero-order chi connectivity index (χ0) is 20.5. The predicted molar refractivity (Wildman–Crippen MR) is 104 cm³/mol. The van der Waals surface area contributed by atoms with Gasteiger partial charge in [-0.2, -0.15) is 0 Å². The molecule has 2 unspecified atom stereocenters. The fourth-order valence-corrected chi connectivity index (χ4v) is 3.93. The SMILES string of the molecule is CN1CC(c2ccc(F)cc2F)C(C(O)c2cccnc2)=C1c1ccc(F)cc1. The van der Waals surface area contributed by atoms with Crippen LogP contribution in [0.5, 0.6) is 0 Å². The maximum atomic E-state index is 14.6. The van der Waals surface area contributed by atoms with Crippen molar-refractivity contribution in [1.82, 2.24) is 9.88 Å². The van der Waals surface area contributed by atoms with Gasteiger partial charge in [0.25, 0.3) is 0 Å². The molecule has 2 atom stereocenters. The highest BCUT2D eigenvalue weighted by atomic mass is 19.1. The highest BCUT2D eigenvalue weighted by Crippen LogP contribution is 2.46. The second-order valence-electron chi connectivity index (χ2n) is 7.10. The van der Waals surface area contributed by atoms with Gasteiger partial charge in [0.15, 0.2) is 0 Å². The van der Waals surface area contributed by atoms with Gasteiger partial charge in [-0.3, -0.25) is 4.98 Å². The minimum atomic E-state index is -1.05. The number of likely N-dealkylation sites (N-methyl/N-ethyl adjacent to an activating group) is 1. The molecule has 3 nitrogen and oxygen atoms in total. The normalized spacial score (nSPS) is 17.7. The Hall–Kier alpha value is -3.12. The van der Waals surface area contributed by atoms with Crippen LogP contribution in [0.25, 0.3) is 5.70 Å². The van der Waals surface area contributed by atoms with Crippen LogP contribution in [0.2, 0.25) is 0 Å². The summed E-state index contributed by atoms with van der Waals surface area (Å²) in [7, 11) is 1.83. The van der Waals surface area contributed by atoms with E-state index in [0.29, 0.717) is 34.5 Å². The molecular formula is C23H19F3N2O. The van der Waals surface area contributed by atoms with Gasteiger partial charge in [-0.1, -0.05) is 12.1 Å². The van der Waals surface area contributed by atoms with Crippen LogP contribution >= 0.6 is 0 Å². The van der Waals surface area contributed by atoms with Gasteiger partial charge in [-0.15, -0.1) is 0 Å². The van der Waals surface area contributed by atoms with E-state index in [0.717, 1.165) is 6.07 Å². The topological polar surface area (TPSA) is 36.4 Å². The number of aliphatic hydroxyl groups excluding tert-OH is 1. The van der Waals surface area contributed by atoms with Gasteiger partial charge in [-0.05, 0) is 53.1 Å². The van der Waals surface area contributed by atoms with Crippen molar-refractivity contribution in [1.29, 1.82) is 0 Å². The van der Waals surface area contributed by atoms with Crippen LogP contribution in [-0.2, 0) is 0 Å². The number of nitrogens with zero attached hydrogens (tertiary/aromatic N) is 2. The number of benzene rings is 2. The Labute approximate surface area is 166 Å². The highest BCUT2D eigenvalue weighted by molar-refractivity contribution is 5.73. The fourth-order valence-electron chi connectivity index (χ4n) is 3.93. The van der Waals surface area contributed by atoms with Gasteiger partial charge in [0.2, 0.25) is 0 Å². The molecule has 2 aromatic carbocycles. The molecule has 0 bridgehead atoms. The van der Waals surface area contributed by atoms with Gasteiger partial charge < -0.3 is 10.0 Å². The number of hydrogen-bond donors (Lipinski definition) is 1. The van der Waals surface area contributed by atoms with E-state index in [4.69, 9.17) is 0 Å². The largest absolute Gasteiger partial charge is 0.384 e. The number of aliphatic hydroxyl groups is 1. The van der Waals surface area contributed by atoms with E-state index in [2.05, 4.69) is 4.98 Å². The summed E-state index contributed by atoms with van der Waals surface area (Å²) in [5.74, 6) is -2.20. The molecular weight excluding hydrogens is 377 g/mol. The third kappa shape index (κ3) is 3.63. The first-order chi connectivity index (χ1) is 14.0. The summed E-state index contributed by atoms with van der Waals surface area (Å²) in [6.07, 6.45) is 2.10. The molecule has 1 aliphatic heterocycles. The smallest absolute Gasteiger partial charge is 0.129 e. The monoisotopic (exact) mass is 396 g/mol. The van der Waals surface area contributed by atoms with E-state index in [9.17, 15) is 18.3 Å². The summed E-state index contributed by atoms with van der Waals surface area (Å²) in [4.78, 5) is 5.96. The van der Waals surface area contributed by atoms with Crippen molar-refractivity contribution >= 4 is 5.70 Å². The summed E-state index contributed by atoms with van der Waals surface area (Å²) >= 11 is 0. The lowest BCUT2D eigenvalue weighted by Crippen LogP contribution is -2.16. The molecule has 0 aliphatic carbocycles. The molecule has 3 aromatic rings. The quantitative estimate of drug-likeness (QED) is 0.696. The van der Waals surface area contributed by atoms with Crippen LogP contribution in [-0.4, -0.2) is 28.6 Å². The van der Waals surface area contributed by atoms with Crippen LogP contribution < -0.4 is 0 Å². The maximum absolute atomic E-state index is 14.6. The van der Waals surface area contributed by atoms with Crippen molar-refractivity contribution in [3.63, 3.8) is 0 Å². The average molecular weight is 396 g/mol. The number of aromatic nitrogens is 1. The number of hydrogen-bond acceptors (Lipinski definition) is 3. The first-order valence-electron chi connectivity index (χ1n) is 9.19. The molecule has 0 spiro atoms. The third-order valence-corrected chi connectivity index (χ3v) is 5.24. The molecule has 0 saturated heterocycles. The van der Waals surface area contributed by atoms with E-state index in [1.807, 2.05) is 11.9 Å². The summed E-state index contributed by atoms with van der Waals surface area (Å²) in [6, 6.07) is 12.9. The molecule has 148 valence electrons. The lowest BCUT2D eigenvalue weighted by molar-refractivity contribution is 0.209. The highest BCUT2D eigenvalue weighted by Gasteiger charge is 2.37. The Bertz CT molecular complexity index is 1050. The van der Waals surface area contributed by atoms with Gasteiger partial charge in [0, 0.05) is 49.2 Å². The molecule has 0 amide bonds. The second kappa shape index (κ2) is 7.72. The first kappa shape index (κ1) is 19.2. The van der Waals surface area contributed by atoms with Crippen LogP contribution in [0.1, 0.15) is 28.7 Å². The minimum Gasteiger partial charge on any atom is -0.384 e.